The first kappa shape index (κ1) is 20.6. The number of nitrogens with one attached hydrogen (secondary N) is 1. The molecule has 0 radical (unpaired) electrons. The van der Waals surface area contributed by atoms with Crippen molar-refractivity contribution in [3.05, 3.63) is 65.7 Å². The van der Waals surface area contributed by atoms with Crippen molar-refractivity contribution in [3.8, 4) is 0 Å². The van der Waals surface area contributed by atoms with Crippen LogP contribution < -0.4 is 5.32 Å². The number of carbonyl (C=O) groups is 1. The lowest BCUT2D eigenvalue weighted by molar-refractivity contribution is 0.0699. The Morgan fingerprint density at radius 1 is 1.11 bits per heavy atom. The first-order valence-electron chi connectivity index (χ1n) is 9.76. The number of sulfone groups is 1. The molecule has 2 aromatic rings. The fourth-order valence-electron chi connectivity index (χ4n) is 3.63. The zero-order valence-electron chi connectivity index (χ0n) is 16.5. The minimum atomic E-state index is -3.44. The highest BCUT2D eigenvalue weighted by Gasteiger charge is 2.26. The number of hydrogen-bond donors (Lipinski definition) is 1. The molecule has 1 amide bonds. The molecule has 5 nitrogen and oxygen atoms in total. The summed E-state index contributed by atoms with van der Waals surface area (Å²) >= 11 is 0. The molecule has 1 saturated heterocycles. The molecule has 0 spiro atoms. The summed E-state index contributed by atoms with van der Waals surface area (Å²) in [7, 11) is -1.64. The van der Waals surface area contributed by atoms with Gasteiger partial charge < -0.3 is 10.2 Å². The molecular weight excluding hydrogens is 372 g/mol. The first-order valence-corrected chi connectivity index (χ1v) is 11.4. The molecule has 2 unspecified atom stereocenters. The van der Waals surface area contributed by atoms with Crippen LogP contribution in [0.4, 0.5) is 0 Å². The quantitative estimate of drug-likeness (QED) is 0.808. The number of piperidine rings is 1. The molecule has 2 aromatic carbocycles. The van der Waals surface area contributed by atoms with Crippen LogP contribution in [0.25, 0.3) is 0 Å². The minimum Gasteiger partial charge on any atom is -0.337 e. The van der Waals surface area contributed by atoms with Crippen molar-refractivity contribution in [2.75, 3.05) is 13.6 Å². The number of nitrogens with zero attached hydrogens (tertiary/aromatic N) is 1. The Morgan fingerprint density at radius 3 is 2.39 bits per heavy atom. The fraction of sp³-hybridized carbons (Fsp3) is 0.409. The van der Waals surface area contributed by atoms with E-state index in [4.69, 9.17) is 0 Å². The van der Waals surface area contributed by atoms with Gasteiger partial charge in [0.05, 0.1) is 10.6 Å². The molecule has 2 atom stereocenters. The molecule has 0 aromatic heterocycles. The SMILES string of the molecule is CC(C1CCCCN1)N(C)C(=O)c1ccc(S(=O)(=O)Cc2ccccc2)cc1. The van der Waals surface area contributed by atoms with Crippen LogP contribution in [0.3, 0.4) is 0 Å². The van der Waals surface area contributed by atoms with Crippen molar-refractivity contribution >= 4 is 15.7 Å². The molecule has 3 rings (SSSR count). The summed E-state index contributed by atoms with van der Waals surface area (Å²) in [5, 5.41) is 3.49. The van der Waals surface area contributed by atoms with Crippen LogP contribution in [0.5, 0.6) is 0 Å². The van der Waals surface area contributed by atoms with Gasteiger partial charge in [0.1, 0.15) is 0 Å². The second-order valence-corrected chi connectivity index (χ2v) is 9.47. The summed E-state index contributed by atoms with van der Waals surface area (Å²) in [5.74, 6) is -0.141. The van der Waals surface area contributed by atoms with Crippen LogP contribution in [-0.2, 0) is 15.6 Å². The van der Waals surface area contributed by atoms with Gasteiger partial charge in [0, 0.05) is 24.7 Å². The molecule has 28 heavy (non-hydrogen) atoms. The van der Waals surface area contributed by atoms with Crippen molar-refractivity contribution in [2.24, 2.45) is 0 Å². The third-order valence-electron chi connectivity index (χ3n) is 5.52. The van der Waals surface area contributed by atoms with Gasteiger partial charge in [-0.1, -0.05) is 36.8 Å². The summed E-state index contributed by atoms with van der Waals surface area (Å²) in [6.07, 6.45) is 3.42. The van der Waals surface area contributed by atoms with Crippen molar-refractivity contribution < 1.29 is 13.2 Å². The van der Waals surface area contributed by atoms with Crippen LogP contribution in [0.15, 0.2) is 59.5 Å². The highest BCUT2D eigenvalue weighted by Crippen LogP contribution is 2.19. The maximum atomic E-state index is 12.8. The first-order chi connectivity index (χ1) is 13.4. The van der Waals surface area contributed by atoms with Gasteiger partial charge >= 0.3 is 0 Å². The van der Waals surface area contributed by atoms with E-state index in [1.807, 2.05) is 25.2 Å². The van der Waals surface area contributed by atoms with E-state index in [1.54, 1.807) is 29.2 Å². The molecule has 0 bridgehead atoms. The maximum Gasteiger partial charge on any atom is 0.253 e. The number of amides is 1. The van der Waals surface area contributed by atoms with E-state index in [9.17, 15) is 13.2 Å². The van der Waals surface area contributed by atoms with E-state index in [1.165, 1.54) is 25.0 Å². The van der Waals surface area contributed by atoms with Gasteiger partial charge in [-0.15, -0.1) is 0 Å². The van der Waals surface area contributed by atoms with E-state index >= 15 is 0 Å². The monoisotopic (exact) mass is 400 g/mol. The highest BCUT2D eigenvalue weighted by molar-refractivity contribution is 7.90. The van der Waals surface area contributed by atoms with Crippen LogP contribution in [0.1, 0.15) is 42.1 Å². The predicted octanol–water partition coefficient (Wildman–Crippen LogP) is 3.26. The summed E-state index contributed by atoms with van der Waals surface area (Å²) in [6, 6.07) is 15.8. The van der Waals surface area contributed by atoms with Gasteiger partial charge in [-0.05, 0) is 56.1 Å². The second kappa shape index (κ2) is 8.88. The lowest BCUT2D eigenvalue weighted by Crippen LogP contribution is -2.50. The zero-order chi connectivity index (χ0) is 20.1. The topological polar surface area (TPSA) is 66.5 Å². The van der Waals surface area contributed by atoms with Gasteiger partial charge in [-0.3, -0.25) is 4.79 Å². The Morgan fingerprint density at radius 2 is 1.79 bits per heavy atom. The standard InChI is InChI=1S/C22H28N2O3S/c1-17(21-10-6-7-15-23-21)24(2)22(25)19-11-13-20(14-12-19)28(26,27)16-18-8-4-3-5-9-18/h3-5,8-9,11-14,17,21,23H,6-7,10,15-16H2,1-2H3. The van der Waals surface area contributed by atoms with Gasteiger partial charge in [-0.2, -0.15) is 0 Å². The smallest absolute Gasteiger partial charge is 0.253 e. The molecule has 6 heteroatoms. The summed E-state index contributed by atoms with van der Waals surface area (Å²) in [5.41, 5.74) is 1.25. The van der Waals surface area contributed by atoms with E-state index in [0.717, 1.165) is 18.5 Å². The normalized spacial score (nSPS) is 18.4. The molecule has 1 fully saturated rings. The summed E-state index contributed by atoms with van der Waals surface area (Å²) < 4.78 is 25.3. The van der Waals surface area contributed by atoms with Crippen molar-refractivity contribution in [1.29, 1.82) is 0 Å². The van der Waals surface area contributed by atoms with Crippen LogP contribution in [-0.4, -0.2) is 44.9 Å². The second-order valence-electron chi connectivity index (χ2n) is 7.48. The molecule has 1 heterocycles. The summed E-state index contributed by atoms with van der Waals surface area (Å²) in [6.45, 7) is 3.05. The molecule has 0 aliphatic carbocycles. The largest absolute Gasteiger partial charge is 0.337 e. The molecule has 1 aliphatic heterocycles. The lowest BCUT2D eigenvalue weighted by atomic mass is 9.98. The Balaban J connectivity index is 1.70. The number of carbonyl (C=O) groups excluding carboxylic acids is 1. The van der Waals surface area contributed by atoms with E-state index in [2.05, 4.69) is 12.2 Å². The van der Waals surface area contributed by atoms with Gasteiger partial charge in [0.15, 0.2) is 9.84 Å². The Bertz CT molecular complexity index is 889. The van der Waals surface area contributed by atoms with Gasteiger partial charge in [0.25, 0.3) is 5.91 Å². The molecule has 150 valence electrons. The van der Waals surface area contributed by atoms with E-state index in [-0.39, 0.29) is 22.6 Å². The van der Waals surface area contributed by atoms with Crippen LogP contribution >= 0.6 is 0 Å². The summed E-state index contributed by atoms with van der Waals surface area (Å²) in [4.78, 5) is 14.8. The Hall–Kier alpha value is -2.18. The third kappa shape index (κ3) is 4.80. The highest BCUT2D eigenvalue weighted by atomic mass is 32.2. The van der Waals surface area contributed by atoms with E-state index < -0.39 is 9.84 Å². The number of likely N-dealkylation sites (N-methyl/N-ethyl adjacent to an activating group) is 1. The van der Waals surface area contributed by atoms with Crippen LogP contribution in [0.2, 0.25) is 0 Å². The average molecular weight is 401 g/mol. The Labute approximate surface area is 167 Å². The third-order valence-corrected chi connectivity index (χ3v) is 7.23. The zero-order valence-corrected chi connectivity index (χ0v) is 17.3. The molecule has 1 N–H and O–H groups in total. The number of rotatable bonds is 6. The predicted molar refractivity (Wildman–Crippen MR) is 111 cm³/mol. The van der Waals surface area contributed by atoms with Gasteiger partial charge in [-0.25, -0.2) is 8.42 Å². The molecule has 0 saturated carbocycles. The van der Waals surface area contributed by atoms with E-state index in [0.29, 0.717) is 11.6 Å². The molecular formula is C22H28N2O3S. The minimum absolute atomic E-state index is 0.0502. The van der Waals surface area contributed by atoms with Gasteiger partial charge in [0.2, 0.25) is 0 Å². The lowest BCUT2D eigenvalue weighted by Gasteiger charge is -2.35. The van der Waals surface area contributed by atoms with Crippen molar-refractivity contribution in [2.45, 2.75) is 48.9 Å². The number of benzene rings is 2. The van der Waals surface area contributed by atoms with Crippen molar-refractivity contribution in [3.63, 3.8) is 0 Å². The van der Waals surface area contributed by atoms with Crippen LogP contribution in [0, 0.1) is 0 Å². The Kier molecular flexibility index (Phi) is 6.52. The molecule has 1 aliphatic rings. The number of hydrogen-bond acceptors (Lipinski definition) is 4. The average Bonchev–Trinajstić information content (AvgIpc) is 2.73. The maximum absolute atomic E-state index is 12.8. The fourth-order valence-corrected chi connectivity index (χ4v) is 4.98. The van der Waals surface area contributed by atoms with Crippen molar-refractivity contribution in [1.82, 2.24) is 10.2 Å².